The average Bonchev–Trinajstić information content (AvgIpc) is 2.20. The monoisotopic (exact) mass is 269 g/mol. The summed E-state index contributed by atoms with van der Waals surface area (Å²) in [6, 6.07) is 5.92. The third-order valence-corrected chi connectivity index (χ3v) is 2.84. The third kappa shape index (κ3) is 4.04. The SMILES string of the molecule is CCCCC(=O)Nc1cc(C)ccc1Br. The van der Waals surface area contributed by atoms with Crippen LogP contribution in [-0.2, 0) is 4.79 Å². The van der Waals surface area contributed by atoms with Crippen molar-refractivity contribution in [2.75, 3.05) is 5.32 Å². The fourth-order valence-corrected chi connectivity index (χ4v) is 1.63. The smallest absolute Gasteiger partial charge is 0.224 e. The number of amides is 1. The van der Waals surface area contributed by atoms with Gasteiger partial charge in [0.15, 0.2) is 0 Å². The summed E-state index contributed by atoms with van der Waals surface area (Å²) in [5.41, 5.74) is 2.00. The van der Waals surface area contributed by atoms with Gasteiger partial charge in [0.2, 0.25) is 5.91 Å². The summed E-state index contributed by atoms with van der Waals surface area (Å²) in [7, 11) is 0. The lowest BCUT2D eigenvalue weighted by atomic mass is 10.2. The molecule has 0 unspecified atom stereocenters. The summed E-state index contributed by atoms with van der Waals surface area (Å²) in [5.74, 6) is 0.0863. The van der Waals surface area contributed by atoms with Crippen molar-refractivity contribution in [1.29, 1.82) is 0 Å². The van der Waals surface area contributed by atoms with E-state index in [1.165, 1.54) is 0 Å². The highest BCUT2D eigenvalue weighted by atomic mass is 79.9. The van der Waals surface area contributed by atoms with Crippen LogP contribution in [0, 0.1) is 6.92 Å². The van der Waals surface area contributed by atoms with E-state index in [2.05, 4.69) is 28.2 Å². The average molecular weight is 270 g/mol. The molecule has 0 saturated carbocycles. The fourth-order valence-electron chi connectivity index (χ4n) is 1.28. The standard InChI is InChI=1S/C12H16BrNO/c1-3-4-5-12(15)14-11-8-9(2)6-7-10(11)13/h6-8H,3-5H2,1-2H3,(H,14,15). The zero-order valence-electron chi connectivity index (χ0n) is 9.14. The van der Waals surface area contributed by atoms with Gasteiger partial charge in [-0.25, -0.2) is 0 Å². The van der Waals surface area contributed by atoms with Crippen LogP contribution in [0.1, 0.15) is 31.7 Å². The molecule has 15 heavy (non-hydrogen) atoms. The largest absolute Gasteiger partial charge is 0.325 e. The molecule has 0 radical (unpaired) electrons. The number of unbranched alkanes of at least 4 members (excludes halogenated alkanes) is 1. The van der Waals surface area contributed by atoms with E-state index in [-0.39, 0.29) is 5.91 Å². The zero-order chi connectivity index (χ0) is 11.3. The molecule has 82 valence electrons. The van der Waals surface area contributed by atoms with Crippen LogP contribution < -0.4 is 5.32 Å². The molecular weight excluding hydrogens is 254 g/mol. The molecule has 0 heterocycles. The van der Waals surface area contributed by atoms with Crippen molar-refractivity contribution in [2.24, 2.45) is 0 Å². The Kier molecular flexibility index (Phi) is 4.82. The van der Waals surface area contributed by atoms with Gasteiger partial charge >= 0.3 is 0 Å². The predicted octanol–water partition coefficient (Wildman–Crippen LogP) is 3.89. The first-order valence-electron chi connectivity index (χ1n) is 5.19. The van der Waals surface area contributed by atoms with Crippen molar-refractivity contribution in [3.63, 3.8) is 0 Å². The molecule has 0 aromatic heterocycles. The number of carbonyl (C=O) groups is 1. The molecule has 0 aliphatic carbocycles. The lowest BCUT2D eigenvalue weighted by Gasteiger charge is -2.07. The van der Waals surface area contributed by atoms with Crippen LogP contribution in [0.25, 0.3) is 0 Å². The number of carbonyl (C=O) groups excluding carboxylic acids is 1. The number of halogens is 1. The van der Waals surface area contributed by atoms with E-state index >= 15 is 0 Å². The maximum atomic E-state index is 11.5. The maximum absolute atomic E-state index is 11.5. The Hall–Kier alpha value is -0.830. The Labute approximate surface area is 99.2 Å². The summed E-state index contributed by atoms with van der Waals surface area (Å²) >= 11 is 3.41. The summed E-state index contributed by atoms with van der Waals surface area (Å²) in [4.78, 5) is 11.5. The van der Waals surface area contributed by atoms with E-state index in [1.807, 2.05) is 25.1 Å². The van der Waals surface area contributed by atoms with Crippen LogP contribution in [0.4, 0.5) is 5.69 Å². The van der Waals surface area contributed by atoms with Crippen LogP contribution in [0.5, 0.6) is 0 Å². The first kappa shape index (κ1) is 12.2. The van der Waals surface area contributed by atoms with Crippen molar-refractivity contribution in [1.82, 2.24) is 0 Å². The zero-order valence-corrected chi connectivity index (χ0v) is 10.7. The van der Waals surface area contributed by atoms with Gasteiger partial charge in [-0.2, -0.15) is 0 Å². The number of hydrogen-bond acceptors (Lipinski definition) is 1. The van der Waals surface area contributed by atoms with Gasteiger partial charge in [-0.1, -0.05) is 19.4 Å². The highest BCUT2D eigenvalue weighted by molar-refractivity contribution is 9.10. The van der Waals surface area contributed by atoms with Gasteiger partial charge in [-0.15, -0.1) is 0 Å². The Bertz CT molecular complexity index is 349. The van der Waals surface area contributed by atoms with Gasteiger partial charge in [-0.3, -0.25) is 4.79 Å². The molecule has 1 amide bonds. The molecule has 0 aliphatic rings. The Morgan fingerprint density at radius 3 is 2.87 bits per heavy atom. The fraction of sp³-hybridized carbons (Fsp3) is 0.417. The molecule has 0 aliphatic heterocycles. The molecule has 0 spiro atoms. The molecule has 0 atom stereocenters. The maximum Gasteiger partial charge on any atom is 0.224 e. The number of benzene rings is 1. The lowest BCUT2D eigenvalue weighted by Crippen LogP contribution is -2.11. The van der Waals surface area contributed by atoms with Crippen molar-refractivity contribution >= 4 is 27.5 Å². The van der Waals surface area contributed by atoms with Gasteiger partial charge < -0.3 is 5.32 Å². The van der Waals surface area contributed by atoms with E-state index in [9.17, 15) is 4.79 Å². The highest BCUT2D eigenvalue weighted by Gasteiger charge is 2.04. The van der Waals surface area contributed by atoms with Crippen LogP contribution >= 0.6 is 15.9 Å². The molecular formula is C12H16BrNO. The third-order valence-electron chi connectivity index (χ3n) is 2.15. The van der Waals surface area contributed by atoms with E-state index < -0.39 is 0 Å². The Balaban J connectivity index is 2.63. The van der Waals surface area contributed by atoms with Crippen molar-refractivity contribution in [3.8, 4) is 0 Å². The molecule has 0 fully saturated rings. The molecule has 1 aromatic carbocycles. The molecule has 0 bridgehead atoms. The topological polar surface area (TPSA) is 29.1 Å². The van der Waals surface area contributed by atoms with E-state index in [0.29, 0.717) is 6.42 Å². The Morgan fingerprint density at radius 2 is 2.20 bits per heavy atom. The van der Waals surface area contributed by atoms with E-state index in [4.69, 9.17) is 0 Å². The van der Waals surface area contributed by atoms with Crippen molar-refractivity contribution in [3.05, 3.63) is 28.2 Å². The van der Waals surface area contributed by atoms with Gasteiger partial charge in [0.25, 0.3) is 0 Å². The first-order chi connectivity index (χ1) is 7.13. The number of rotatable bonds is 4. The van der Waals surface area contributed by atoms with Gasteiger partial charge in [-0.05, 0) is 47.0 Å². The van der Waals surface area contributed by atoms with Crippen molar-refractivity contribution in [2.45, 2.75) is 33.1 Å². The highest BCUT2D eigenvalue weighted by Crippen LogP contribution is 2.23. The number of hydrogen-bond donors (Lipinski definition) is 1. The van der Waals surface area contributed by atoms with Crippen LogP contribution in [0.3, 0.4) is 0 Å². The predicted molar refractivity (Wildman–Crippen MR) is 67.0 cm³/mol. The molecule has 0 saturated heterocycles. The summed E-state index contributed by atoms with van der Waals surface area (Å²) in [5, 5.41) is 2.90. The van der Waals surface area contributed by atoms with Gasteiger partial charge in [0.1, 0.15) is 0 Å². The minimum atomic E-state index is 0.0863. The quantitative estimate of drug-likeness (QED) is 0.883. The second-order valence-corrected chi connectivity index (χ2v) is 4.49. The molecule has 3 heteroatoms. The van der Waals surface area contributed by atoms with Gasteiger partial charge in [0.05, 0.1) is 5.69 Å². The van der Waals surface area contributed by atoms with E-state index in [1.54, 1.807) is 0 Å². The first-order valence-corrected chi connectivity index (χ1v) is 5.98. The van der Waals surface area contributed by atoms with Crippen LogP contribution in [-0.4, -0.2) is 5.91 Å². The van der Waals surface area contributed by atoms with Gasteiger partial charge in [0, 0.05) is 10.9 Å². The Morgan fingerprint density at radius 1 is 1.47 bits per heavy atom. The normalized spacial score (nSPS) is 10.1. The van der Waals surface area contributed by atoms with Crippen LogP contribution in [0.15, 0.2) is 22.7 Å². The summed E-state index contributed by atoms with van der Waals surface area (Å²) < 4.78 is 0.929. The second kappa shape index (κ2) is 5.91. The molecule has 1 aromatic rings. The molecule has 2 nitrogen and oxygen atoms in total. The summed E-state index contributed by atoms with van der Waals surface area (Å²) in [6.07, 6.45) is 2.58. The minimum Gasteiger partial charge on any atom is -0.325 e. The summed E-state index contributed by atoms with van der Waals surface area (Å²) in [6.45, 7) is 4.09. The van der Waals surface area contributed by atoms with E-state index in [0.717, 1.165) is 28.6 Å². The number of anilines is 1. The van der Waals surface area contributed by atoms with Crippen LogP contribution in [0.2, 0.25) is 0 Å². The molecule has 1 rings (SSSR count). The van der Waals surface area contributed by atoms with Crippen molar-refractivity contribution < 1.29 is 4.79 Å². The second-order valence-electron chi connectivity index (χ2n) is 3.64. The minimum absolute atomic E-state index is 0.0863. The molecule has 1 N–H and O–H groups in total. The number of nitrogens with one attached hydrogen (secondary N) is 1. The lowest BCUT2D eigenvalue weighted by molar-refractivity contribution is -0.116. The number of aryl methyl sites for hydroxylation is 1.